The lowest BCUT2D eigenvalue weighted by Gasteiger charge is -2.07. The van der Waals surface area contributed by atoms with Gasteiger partial charge in [0.2, 0.25) is 11.7 Å². The molecule has 0 saturated heterocycles. The summed E-state index contributed by atoms with van der Waals surface area (Å²) < 4.78 is 10.4. The van der Waals surface area contributed by atoms with E-state index in [2.05, 4.69) is 10.1 Å². The fourth-order valence-electron chi connectivity index (χ4n) is 1.58. The molecule has 0 amide bonds. The van der Waals surface area contributed by atoms with Crippen molar-refractivity contribution in [3.05, 3.63) is 45.6 Å². The molecule has 0 radical (unpaired) electrons. The van der Waals surface area contributed by atoms with Gasteiger partial charge in [0.25, 0.3) is 5.69 Å². The fourth-order valence-corrected chi connectivity index (χ4v) is 1.58. The molecular formula is C12H13N3O5. The number of rotatable bonds is 6. The Balaban J connectivity index is 2.10. The van der Waals surface area contributed by atoms with Gasteiger partial charge in [0.05, 0.1) is 11.5 Å². The first-order valence-electron chi connectivity index (χ1n) is 5.96. The van der Waals surface area contributed by atoms with Crippen molar-refractivity contribution in [1.82, 2.24) is 10.1 Å². The number of hydrogen-bond donors (Lipinski definition) is 1. The molecule has 106 valence electrons. The standard InChI is InChI=1S/C12H13N3O5/c1-2-12-13-11(14-20-12)7-19-10-4-3-9(15(17)18)5-8(10)6-16/h3-5,16H,2,6-7H2,1H3. The maximum Gasteiger partial charge on any atom is 0.270 e. The monoisotopic (exact) mass is 279 g/mol. The fraction of sp³-hybridized carbons (Fsp3) is 0.333. The first kappa shape index (κ1) is 13.9. The van der Waals surface area contributed by atoms with Crippen molar-refractivity contribution in [3.63, 3.8) is 0 Å². The van der Waals surface area contributed by atoms with Crippen LogP contribution in [0.25, 0.3) is 0 Å². The van der Waals surface area contributed by atoms with E-state index in [1.54, 1.807) is 0 Å². The normalized spacial score (nSPS) is 10.5. The number of aromatic nitrogens is 2. The van der Waals surface area contributed by atoms with Crippen molar-refractivity contribution in [1.29, 1.82) is 0 Å². The second-order valence-corrected chi connectivity index (χ2v) is 3.95. The molecule has 0 fully saturated rings. The van der Waals surface area contributed by atoms with Crippen LogP contribution in [0.1, 0.15) is 24.2 Å². The largest absolute Gasteiger partial charge is 0.485 e. The van der Waals surface area contributed by atoms with Crippen LogP contribution in [-0.4, -0.2) is 20.2 Å². The van der Waals surface area contributed by atoms with Gasteiger partial charge in [-0.05, 0) is 6.07 Å². The lowest BCUT2D eigenvalue weighted by molar-refractivity contribution is -0.385. The van der Waals surface area contributed by atoms with E-state index < -0.39 is 4.92 Å². The van der Waals surface area contributed by atoms with Gasteiger partial charge in [0.15, 0.2) is 6.61 Å². The predicted octanol–water partition coefficient (Wildman–Crippen LogP) is 1.61. The molecule has 0 aliphatic carbocycles. The Kier molecular flexibility index (Phi) is 4.26. The second-order valence-electron chi connectivity index (χ2n) is 3.95. The zero-order chi connectivity index (χ0) is 14.5. The molecule has 0 spiro atoms. The number of aliphatic hydroxyl groups is 1. The Morgan fingerprint density at radius 2 is 2.30 bits per heavy atom. The van der Waals surface area contributed by atoms with Gasteiger partial charge in [-0.15, -0.1) is 0 Å². The number of aliphatic hydroxyl groups excluding tert-OH is 1. The third-order valence-corrected chi connectivity index (χ3v) is 2.59. The van der Waals surface area contributed by atoms with Gasteiger partial charge in [-0.25, -0.2) is 0 Å². The molecule has 20 heavy (non-hydrogen) atoms. The van der Waals surface area contributed by atoms with E-state index in [1.165, 1.54) is 18.2 Å². The third kappa shape index (κ3) is 3.09. The summed E-state index contributed by atoms with van der Waals surface area (Å²) in [5, 5.41) is 23.6. The van der Waals surface area contributed by atoms with Gasteiger partial charge < -0.3 is 14.4 Å². The van der Waals surface area contributed by atoms with Gasteiger partial charge in [-0.3, -0.25) is 10.1 Å². The molecule has 1 aromatic heterocycles. The highest BCUT2D eigenvalue weighted by Gasteiger charge is 2.12. The number of benzene rings is 1. The Hall–Kier alpha value is -2.48. The van der Waals surface area contributed by atoms with Crippen LogP contribution < -0.4 is 4.74 Å². The first-order chi connectivity index (χ1) is 9.63. The van der Waals surface area contributed by atoms with Crippen LogP contribution in [0, 0.1) is 10.1 Å². The van der Waals surface area contributed by atoms with Crippen LogP contribution in [-0.2, 0) is 19.6 Å². The smallest absolute Gasteiger partial charge is 0.270 e. The highest BCUT2D eigenvalue weighted by atomic mass is 16.6. The predicted molar refractivity (Wildman–Crippen MR) is 67.0 cm³/mol. The summed E-state index contributed by atoms with van der Waals surface area (Å²) in [6.45, 7) is 1.59. The molecule has 8 nitrogen and oxygen atoms in total. The van der Waals surface area contributed by atoms with E-state index in [9.17, 15) is 15.2 Å². The number of ether oxygens (including phenoxy) is 1. The van der Waals surface area contributed by atoms with Crippen LogP contribution in [0.5, 0.6) is 5.75 Å². The number of hydrogen-bond acceptors (Lipinski definition) is 7. The Morgan fingerprint density at radius 3 is 2.90 bits per heavy atom. The van der Waals surface area contributed by atoms with E-state index >= 15 is 0 Å². The van der Waals surface area contributed by atoms with Crippen LogP contribution in [0.3, 0.4) is 0 Å². The molecule has 0 saturated carbocycles. The van der Waals surface area contributed by atoms with E-state index in [1.807, 2.05) is 6.92 Å². The molecule has 0 bridgehead atoms. The summed E-state index contributed by atoms with van der Waals surface area (Å²) in [4.78, 5) is 14.2. The molecule has 0 atom stereocenters. The van der Waals surface area contributed by atoms with Crippen molar-refractivity contribution in [2.45, 2.75) is 26.6 Å². The van der Waals surface area contributed by atoms with E-state index in [4.69, 9.17) is 9.26 Å². The van der Waals surface area contributed by atoms with E-state index in [0.29, 0.717) is 29.4 Å². The maximum atomic E-state index is 10.6. The summed E-state index contributed by atoms with van der Waals surface area (Å²) in [5.74, 6) is 1.24. The van der Waals surface area contributed by atoms with E-state index in [-0.39, 0.29) is 18.9 Å². The Morgan fingerprint density at radius 1 is 1.50 bits per heavy atom. The second kappa shape index (κ2) is 6.11. The van der Waals surface area contributed by atoms with Crippen LogP contribution in [0.4, 0.5) is 5.69 Å². The zero-order valence-electron chi connectivity index (χ0n) is 10.8. The minimum absolute atomic E-state index is 0.0638. The molecule has 1 heterocycles. The molecule has 8 heteroatoms. The molecule has 0 aliphatic rings. The topological polar surface area (TPSA) is 112 Å². The molecule has 2 rings (SSSR count). The van der Waals surface area contributed by atoms with Crippen molar-refractivity contribution in [2.24, 2.45) is 0 Å². The summed E-state index contributed by atoms with van der Waals surface area (Å²) in [5.41, 5.74) is 0.229. The Bertz CT molecular complexity index is 611. The lowest BCUT2D eigenvalue weighted by Crippen LogP contribution is -2.01. The Labute approximate surface area is 114 Å². The summed E-state index contributed by atoms with van der Waals surface area (Å²) in [7, 11) is 0. The summed E-state index contributed by atoms with van der Waals surface area (Å²) in [6, 6.07) is 4.01. The number of nitro groups is 1. The van der Waals surface area contributed by atoms with E-state index in [0.717, 1.165) is 0 Å². The summed E-state index contributed by atoms with van der Waals surface area (Å²) >= 11 is 0. The highest BCUT2D eigenvalue weighted by Crippen LogP contribution is 2.24. The minimum atomic E-state index is -0.532. The molecule has 0 unspecified atom stereocenters. The molecule has 1 N–H and O–H groups in total. The van der Waals surface area contributed by atoms with Crippen molar-refractivity contribution in [3.8, 4) is 5.75 Å². The van der Waals surface area contributed by atoms with Crippen molar-refractivity contribution >= 4 is 5.69 Å². The van der Waals surface area contributed by atoms with Crippen LogP contribution >= 0.6 is 0 Å². The molecule has 1 aromatic carbocycles. The number of nitro benzene ring substituents is 1. The lowest BCUT2D eigenvalue weighted by atomic mass is 10.2. The number of nitrogens with zero attached hydrogens (tertiary/aromatic N) is 3. The van der Waals surface area contributed by atoms with Crippen LogP contribution in [0.15, 0.2) is 22.7 Å². The SMILES string of the molecule is CCc1nc(COc2ccc([N+](=O)[O-])cc2CO)no1. The zero-order valence-corrected chi connectivity index (χ0v) is 10.8. The van der Waals surface area contributed by atoms with Gasteiger partial charge in [0, 0.05) is 24.1 Å². The first-order valence-corrected chi connectivity index (χ1v) is 5.96. The van der Waals surface area contributed by atoms with Gasteiger partial charge in [-0.2, -0.15) is 4.98 Å². The number of aryl methyl sites for hydroxylation is 1. The van der Waals surface area contributed by atoms with Gasteiger partial charge in [-0.1, -0.05) is 12.1 Å². The third-order valence-electron chi connectivity index (χ3n) is 2.59. The van der Waals surface area contributed by atoms with Crippen molar-refractivity contribution in [2.75, 3.05) is 0 Å². The van der Waals surface area contributed by atoms with Crippen molar-refractivity contribution < 1.29 is 19.3 Å². The van der Waals surface area contributed by atoms with Crippen LogP contribution in [0.2, 0.25) is 0 Å². The molecule has 0 aliphatic heterocycles. The number of non-ortho nitro benzene ring substituents is 1. The minimum Gasteiger partial charge on any atom is -0.485 e. The molecular weight excluding hydrogens is 266 g/mol. The van der Waals surface area contributed by atoms with Gasteiger partial charge in [0.1, 0.15) is 5.75 Å². The van der Waals surface area contributed by atoms with Gasteiger partial charge >= 0.3 is 0 Å². The average molecular weight is 279 g/mol. The average Bonchev–Trinajstić information content (AvgIpc) is 2.92. The summed E-state index contributed by atoms with van der Waals surface area (Å²) in [6.07, 6.45) is 0.631. The maximum absolute atomic E-state index is 10.6. The highest BCUT2D eigenvalue weighted by molar-refractivity contribution is 5.43. The quantitative estimate of drug-likeness (QED) is 0.631. The molecule has 2 aromatic rings.